The van der Waals surface area contributed by atoms with Crippen LogP contribution in [0, 0.1) is 0 Å². The number of benzene rings is 2. The van der Waals surface area contributed by atoms with Gasteiger partial charge in [-0.15, -0.1) is 0 Å². The summed E-state index contributed by atoms with van der Waals surface area (Å²) < 4.78 is 12.4. The van der Waals surface area contributed by atoms with Crippen molar-refractivity contribution >= 4 is 5.91 Å². The molecule has 0 aliphatic rings. The first-order valence-corrected chi connectivity index (χ1v) is 8.87. The van der Waals surface area contributed by atoms with E-state index in [4.69, 9.17) is 9.47 Å². The molecule has 0 aliphatic carbocycles. The van der Waals surface area contributed by atoms with Crippen molar-refractivity contribution in [2.45, 2.75) is 13.0 Å². The number of para-hydroxylation sites is 1. The van der Waals surface area contributed by atoms with E-state index >= 15 is 0 Å². The smallest absolute Gasteiger partial charge is 0.255 e. The lowest BCUT2D eigenvalue weighted by atomic mass is 10.1. The summed E-state index contributed by atoms with van der Waals surface area (Å²) >= 11 is 0. The number of carbonyl (C=O) groups excluding carboxylic acids is 1. The van der Waals surface area contributed by atoms with Gasteiger partial charge in [-0.3, -0.25) is 4.79 Å². The zero-order valence-electron chi connectivity index (χ0n) is 16.0. The molecule has 7 heteroatoms. The quantitative estimate of drug-likeness (QED) is 0.657. The van der Waals surface area contributed by atoms with E-state index in [0.29, 0.717) is 28.3 Å². The maximum atomic E-state index is 12.8. The zero-order valence-corrected chi connectivity index (χ0v) is 16.0. The predicted molar refractivity (Wildman–Crippen MR) is 106 cm³/mol. The Hall–Kier alpha value is -3.32. The van der Waals surface area contributed by atoms with Gasteiger partial charge in [-0.25, -0.2) is 4.68 Å². The summed E-state index contributed by atoms with van der Waals surface area (Å²) in [5.41, 5.74) is 2.35. The number of aromatic nitrogens is 2. The summed E-state index contributed by atoms with van der Waals surface area (Å²) in [7, 11) is 3.13. The van der Waals surface area contributed by atoms with E-state index in [1.165, 1.54) is 0 Å². The predicted octanol–water partition coefficient (Wildman–Crippen LogP) is 2.67. The molecule has 2 N–H and O–H groups in total. The molecule has 0 spiro atoms. The summed E-state index contributed by atoms with van der Waals surface area (Å²) in [6.07, 6.45) is 1.03. The maximum Gasteiger partial charge on any atom is 0.255 e. The van der Waals surface area contributed by atoms with E-state index < -0.39 is 6.10 Å². The van der Waals surface area contributed by atoms with Gasteiger partial charge in [-0.2, -0.15) is 5.10 Å². The van der Waals surface area contributed by atoms with Crippen LogP contribution in [0.5, 0.6) is 11.5 Å². The van der Waals surface area contributed by atoms with Crippen LogP contribution in [0.1, 0.15) is 17.3 Å². The van der Waals surface area contributed by atoms with Crippen molar-refractivity contribution in [1.82, 2.24) is 15.1 Å². The lowest BCUT2D eigenvalue weighted by Crippen LogP contribution is -2.30. The molecule has 3 rings (SSSR count). The van der Waals surface area contributed by atoms with Gasteiger partial charge in [0, 0.05) is 24.4 Å². The first-order chi connectivity index (χ1) is 13.5. The van der Waals surface area contributed by atoms with Crippen LogP contribution in [0.2, 0.25) is 0 Å². The molecule has 0 saturated carbocycles. The zero-order chi connectivity index (χ0) is 20.1. The molecule has 28 heavy (non-hydrogen) atoms. The molecule has 3 aromatic rings. The lowest BCUT2D eigenvalue weighted by Gasteiger charge is -2.11. The van der Waals surface area contributed by atoms with Gasteiger partial charge in [0.1, 0.15) is 17.2 Å². The van der Waals surface area contributed by atoms with Crippen LogP contribution < -0.4 is 14.8 Å². The fourth-order valence-electron chi connectivity index (χ4n) is 2.78. The Bertz CT molecular complexity index is 952. The van der Waals surface area contributed by atoms with Crippen LogP contribution in [-0.4, -0.2) is 47.7 Å². The molecule has 7 nitrogen and oxygen atoms in total. The van der Waals surface area contributed by atoms with E-state index in [0.717, 1.165) is 5.69 Å². The molecule has 1 unspecified atom stereocenters. The van der Waals surface area contributed by atoms with Crippen molar-refractivity contribution in [3.63, 3.8) is 0 Å². The van der Waals surface area contributed by atoms with Crippen molar-refractivity contribution in [1.29, 1.82) is 0 Å². The number of aliphatic hydroxyl groups excluding tert-OH is 1. The monoisotopic (exact) mass is 381 g/mol. The van der Waals surface area contributed by atoms with Gasteiger partial charge in [0.15, 0.2) is 0 Å². The standard InChI is InChI=1S/C21H23N3O4/c1-14(25)12-22-21(26)18-13-24(15-7-5-4-6-8-15)23-20(18)17-10-9-16(27-2)11-19(17)28-3/h4-11,13-14,25H,12H2,1-3H3,(H,22,26). The Balaban J connectivity index is 2.10. The molecule has 1 heterocycles. The number of nitrogens with one attached hydrogen (secondary N) is 1. The molecule has 0 bridgehead atoms. The van der Waals surface area contributed by atoms with Gasteiger partial charge >= 0.3 is 0 Å². The average molecular weight is 381 g/mol. The minimum absolute atomic E-state index is 0.147. The van der Waals surface area contributed by atoms with Gasteiger partial charge in [0.05, 0.1) is 31.6 Å². The molecule has 2 aromatic carbocycles. The van der Waals surface area contributed by atoms with Crippen LogP contribution in [0.15, 0.2) is 54.7 Å². The Morgan fingerprint density at radius 2 is 1.93 bits per heavy atom. The fourth-order valence-corrected chi connectivity index (χ4v) is 2.78. The minimum atomic E-state index is -0.646. The molecule has 1 aromatic heterocycles. The summed E-state index contributed by atoms with van der Waals surface area (Å²) in [6.45, 7) is 1.76. The Kier molecular flexibility index (Phi) is 5.96. The van der Waals surface area contributed by atoms with Crippen molar-refractivity contribution in [3.8, 4) is 28.4 Å². The molecule has 1 amide bonds. The topological polar surface area (TPSA) is 85.6 Å². The third kappa shape index (κ3) is 4.15. The average Bonchev–Trinajstić information content (AvgIpc) is 3.17. The molecular weight excluding hydrogens is 358 g/mol. The molecule has 0 fully saturated rings. The SMILES string of the molecule is COc1ccc(-c2nn(-c3ccccc3)cc2C(=O)NCC(C)O)c(OC)c1. The van der Waals surface area contributed by atoms with Gasteiger partial charge < -0.3 is 19.9 Å². The van der Waals surface area contributed by atoms with Gasteiger partial charge in [0.25, 0.3) is 5.91 Å². The highest BCUT2D eigenvalue weighted by atomic mass is 16.5. The number of ether oxygens (including phenoxy) is 2. The van der Waals surface area contributed by atoms with Gasteiger partial charge in [-0.1, -0.05) is 18.2 Å². The highest BCUT2D eigenvalue weighted by Gasteiger charge is 2.21. The summed E-state index contributed by atoms with van der Waals surface area (Å²) in [5, 5.41) is 16.8. The van der Waals surface area contributed by atoms with Gasteiger partial charge in [-0.05, 0) is 31.2 Å². The Labute approximate surface area is 163 Å². The third-order valence-corrected chi connectivity index (χ3v) is 4.20. The number of methoxy groups -OCH3 is 2. The number of carbonyl (C=O) groups is 1. The van der Waals surface area contributed by atoms with E-state index in [1.807, 2.05) is 30.3 Å². The molecule has 146 valence electrons. The Morgan fingerprint density at radius 1 is 1.18 bits per heavy atom. The lowest BCUT2D eigenvalue weighted by molar-refractivity contribution is 0.0924. The highest BCUT2D eigenvalue weighted by Crippen LogP contribution is 2.34. The van der Waals surface area contributed by atoms with E-state index in [2.05, 4.69) is 10.4 Å². The first-order valence-electron chi connectivity index (χ1n) is 8.87. The molecule has 0 saturated heterocycles. The molecule has 1 atom stereocenters. The van der Waals surface area contributed by atoms with Crippen molar-refractivity contribution < 1.29 is 19.4 Å². The van der Waals surface area contributed by atoms with Crippen LogP contribution in [0.25, 0.3) is 16.9 Å². The van der Waals surface area contributed by atoms with Gasteiger partial charge in [0.2, 0.25) is 0 Å². The second kappa shape index (κ2) is 8.58. The molecule has 0 radical (unpaired) electrons. The van der Waals surface area contributed by atoms with E-state index in [1.54, 1.807) is 50.2 Å². The van der Waals surface area contributed by atoms with Crippen molar-refractivity contribution in [2.24, 2.45) is 0 Å². The number of aliphatic hydroxyl groups is 1. The van der Waals surface area contributed by atoms with E-state index in [-0.39, 0.29) is 12.5 Å². The van der Waals surface area contributed by atoms with Crippen LogP contribution >= 0.6 is 0 Å². The Morgan fingerprint density at radius 3 is 2.57 bits per heavy atom. The molecule has 0 aliphatic heterocycles. The van der Waals surface area contributed by atoms with Crippen molar-refractivity contribution in [3.05, 3.63) is 60.3 Å². The number of rotatable bonds is 7. The fraction of sp³-hybridized carbons (Fsp3) is 0.238. The van der Waals surface area contributed by atoms with Crippen LogP contribution in [0.3, 0.4) is 0 Å². The molecular formula is C21H23N3O4. The van der Waals surface area contributed by atoms with E-state index in [9.17, 15) is 9.90 Å². The third-order valence-electron chi connectivity index (χ3n) is 4.20. The number of hydrogen-bond donors (Lipinski definition) is 2. The summed E-state index contributed by atoms with van der Waals surface area (Å²) in [6, 6.07) is 14.9. The largest absolute Gasteiger partial charge is 0.497 e. The number of nitrogens with zero attached hydrogens (tertiary/aromatic N) is 2. The minimum Gasteiger partial charge on any atom is -0.497 e. The number of amides is 1. The second-order valence-corrected chi connectivity index (χ2v) is 6.30. The van der Waals surface area contributed by atoms with Crippen LogP contribution in [-0.2, 0) is 0 Å². The van der Waals surface area contributed by atoms with Crippen LogP contribution in [0.4, 0.5) is 0 Å². The van der Waals surface area contributed by atoms with Crippen molar-refractivity contribution in [2.75, 3.05) is 20.8 Å². The summed E-state index contributed by atoms with van der Waals surface area (Å²) in [4.78, 5) is 12.8. The normalized spacial score (nSPS) is 11.7. The summed E-state index contributed by atoms with van der Waals surface area (Å²) in [5.74, 6) is 0.862. The maximum absolute atomic E-state index is 12.8. The second-order valence-electron chi connectivity index (χ2n) is 6.30. The number of hydrogen-bond acceptors (Lipinski definition) is 5. The highest BCUT2D eigenvalue weighted by molar-refractivity contribution is 6.00. The first kappa shape index (κ1) is 19.4.